The van der Waals surface area contributed by atoms with Gasteiger partial charge in [0, 0.05) is 11.4 Å². The van der Waals surface area contributed by atoms with Crippen LogP contribution in [0, 0.1) is 0 Å². The highest BCUT2D eigenvalue weighted by molar-refractivity contribution is 6.36. The van der Waals surface area contributed by atoms with Crippen molar-refractivity contribution in [3.05, 3.63) is 99.5 Å². The van der Waals surface area contributed by atoms with E-state index in [2.05, 4.69) is 10.4 Å². The molecule has 2 amide bonds. The summed E-state index contributed by atoms with van der Waals surface area (Å²) in [5.41, 5.74) is 2.67. The molecule has 190 valence electrons. The van der Waals surface area contributed by atoms with Gasteiger partial charge in [0.2, 0.25) is 0 Å². The summed E-state index contributed by atoms with van der Waals surface area (Å²) < 4.78 is 10.4. The summed E-state index contributed by atoms with van der Waals surface area (Å²) in [6.45, 7) is -0.972. The Kier molecular flexibility index (Phi) is 8.43. The van der Waals surface area contributed by atoms with Gasteiger partial charge in [-0.2, -0.15) is 5.10 Å². The Morgan fingerprint density at radius 2 is 1.76 bits per heavy atom. The third-order valence-electron chi connectivity index (χ3n) is 5.70. The number of nitrogens with one attached hydrogen (secondary N) is 1. The number of halogens is 2. The number of carbonyl (C=O) groups is 3. The van der Waals surface area contributed by atoms with Gasteiger partial charge in [0.1, 0.15) is 12.3 Å². The molecular formula is C27H23Cl2N3O5. The van der Waals surface area contributed by atoms with E-state index in [-0.39, 0.29) is 16.6 Å². The molecule has 1 heterocycles. The first-order valence-electron chi connectivity index (χ1n) is 11.3. The second-order valence-electron chi connectivity index (χ2n) is 8.11. The Balaban J connectivity index is 1.40. The third-order valence-corrected chi connectivity index (χ3v) is 6.25. The van der Waals surface area contributed by atoms with Crippen LogP contribution in [0.4, 0.5) is 0 Å². The average Bonchev–Trinajstić information content (AvgIpc) is 3.36. The summed E-state index contributed by atoms with van der Waals surface area (Å²) in [5.74, 6) is -1.15. The lowest BCUT2D eigenvalue weighted by Crippen LogP contribution is -2.34. The van der Waals surface area contributed by atoms with Crippen LogP contribution in [-0.4, -0.2) is 48.8 Å². The van der Waals surface area contributed by atoms with E-state index in [4.69, 9.17) is 32.7 Å². The van der Waals surface area contributed by atoms with Crippen LogP contribution in [0.2, 0.25) is 10.0 Å². The number of hydrazone groups is 1. The van der Waals surface area contributed by atoms with Crippen LogP contribution >= 0.6 is 23.2 Å². The topological polar surface area (TPSA) is 97.3 Å². The van der Waals surface area contributed by atoms with Gasteiger partial charge >= 0.3 is 5.97 Å². The molecule has 8 nitrogen and oxygen atoms in total. The number of benzene rings is 3. The van der Waals surface area contributed by atoms with Crippen molar-refractivity contribution >= 4 is 46.7 Å². The first-order valence-corrected chi connectivity index (χ1v) is 12.1. The molecule has 1 N–H and O–H groups in total. The van der Waals surface area contributed by atoms with Crippen molar-refractivity contribution < 1.29 is 23.9 Å². The summed E-state index contributed by atoms with van der Waals surface area (Å²) in [4.78, 5) is 37.6. The summed E-state index contributed by atoms with van der Waals surface area (Å²) in [5, 5.41) is 8.84. The monoisotopic (exact) mass is 539 g/mol. The van der Waals surface area contributed by atoms with E-state index >= 15 is 0 Å². The molecule has 4 rings (SSSR count). The molecular weight excluding hydrogens is 517 g/mol. The molecule has 1 unspecified atom stereocenters. The molecule has 0 saturated carbocycles. The zero-order valence-electron chi connectivity index (χ0n) is 19.8. The first kappa shape index (κ1) is 26.2. The Morgan fingerprint density at radius 1 is 1.03 bits per heavy atom. The molecule has 0 aliphatic carbocycles. The fraction of sp³-hybridized carbons (Fsp3) is 0.185. The minimum atomic E-state index is -0.778. The minimum absolute atomic E-state index is 0.152. The molecule has 37 heavy (non-hydrogen) atoms. The third kappa shape index (κ3) is 6.47. The van der Waals surface area contributed by atoms with Crippen LogP contribution in [0.15, 0.2) is 77.9 Å². The van der Waals surface area contributed by atoms with Gasteiger partial charge in [-0.1, -0.05) is 65.7 Å². The van der Waals surface area contributed by atoms with E-state index in [0.717, 1.165) is 16.8 Å². The maximum absolute atomic E-state index is 13.1. The van der Waals surface area contributed by atoms with Gasteiger partial charge in [-0.05, 0) is 41.5 Å². The normalized spacial score (nSPS) is 14.6. The summed E-state index contributed by atoms with van der Waals surface area (Å²) >= 11 is 11.9. The highest BCUT2D eigenvalue weighted by Gasteiger charge is 2.33. The molecule has 1 aliphatic rings. The van der Waals surface area contributed by atoms with E-state index < -0.39 is 30.9 Å². The summed E-state index contributed by atoms with van der Waals surface area (Å²) in [7, 11) is 1.58. The zero-order chi connectivity index (χ0) is 26.4. The number of carbonyl (C=O) groups excluding carboxylic acids is 3. The molecule has 0 aromatic heterocycles. The maximum Gasteiger partial charge on any atom is 0.325 e. The zero-order valence-corrected chi connectivity index (χ0v) is 21.3. The van der Waals surface area contributed by atoms with Crippen molar-refractivity contribution in [2.75, 3.05) is 20.3 Å². The van der Waals surface area contributed by atoms with Gasteiger partial charge in [0.15, 0.2) is 6.61 Å². The lowest BCUT2D eigenvalue weighted by molar-refractivity contribution is -0.152. The largest absolute Gasteiger partial charge is 0.497 e. The number of amides is 2. The Bertz CT molecular complexity index is 1330. The summed E-state index contributed by atoms with van der Waals surface area (Å²) in [6, 6.07) is 20.9. The molecule has 3 aromatic carbocycles. The molecule has 3 aromatic rings. The standard InChI is InChI=1S/C27H23Cl2N3O5/c1-36-20-10-7-18(8-11-20)24-14-23(17-5-3-2-4-6-17)31-32(24)25(33)16-37-26(34)15-30-27(35)21-12-9-19(28)13-22(21)29/h2-13,24H,14-16H2,1H3,(H,30,35). The number of nitrogens with zero attached hydrogens (tertiary/aromatic N) is 2. The molecule has 0 saturated heterocycles. The highest BCUT2D eigenvalue weighted by atomic mass is 35.5. The Labute approximate surface area is 223 Å². The highest BCUT2D eigenvalue weighted by Crippen LogP contribution is 2.33. The van der Waals surface area contributed by atoms with Gasteiger partial charge in [0.05, 0.1) is 29.4 Å². The second-order valence-corrected chi connectivity index (χ2v) is 8.96. The SMILES string of the molecule is COc1ccc(C2CC(c3ccccc3)=NN2C(=O)COC(=O)CNC(=O)c2ccc(Cl)cc2Cl)cc1. The van der Waals surface area contributed by atoms with Crippen LogP contribution in [0.5, 0.6) is 5.75 Å². The quantitative estimate of drug-likeness (QED) is 0.420. The van der Waals surface area contributed by atoms with Gasteiger partial charge in [-0.15, -0.1) is 0 Å². The number of ether oxygens (including phenoxy) is 2. The van der Waals surface area contributed by atoms with Crippen molar-refractivity contribution in [3.63, 3.8) is 0 Å². The lowest BCUT2D eigenvalue weighted by Gasteiger charge is -2.22. The van der Waals surface area contributed by atoms with Crippen LogP contribution in [0.1, 0.15) is 33.9 Å². The van der Waals surface area contributed by atoms with Crippen molar-refractivity contribution in [3.8, 4) is 5.75 Å². The predicted molar refractivity (Wildman–Crippen MR) is 140 cm³/mol. The number of rotatable bonds is 8. The molecule has 1 atom stereocenters. The Morgan fingerprint density at radius 3 is 2.43 bits per heavy atom. The van der Waals surface area contributed by atoms with Gasteiger partial charge < -0.3 is 14.8 Å². The van der Waals surface area contributed by atoms with E-state index in [1.54, 1.807) is 7.11 Å². The van der Waals surface area contributed by atoms with Crippen molar-refractivity contribution in [2.45, 2.75) is 12.5 Å². The smallest absolute Gasteiger partial charge is 0.325 e. The minimum Gasteiger partial charge on any atom is -0.497 e. The molecule has 1 aliphatic heterocycles. The van der Waals surface area contributed by atoms with Crippen LogP contribution in [-0.2, 0) is 14.3 Å². The molecule has 0 bridgehead atoms. The average molecular weight is 540 g/mol. The molecule has 0 fully saturated rings. The Hall–Kier alpha value is -3.88. The molecule has 10 heteroatoms. The van der Waals surface area contributed by atoms with E-state index in [0.29, 0.717) is 17.2 Å². The van der Waals surface area contributed by atoms with E-state index in [1.807, 2.05) is 54.6 Å². The van der Waals surface area contributed by atoms with Gasteiger partial charge in [0.25, 0.3) is 11.8 Å². The maximum atomic E-state index is 13.1. The van der Waals surface area contributed by atoms with Crippen molar-refractivity contribution in [1.29, 1.82) is 0 Å². The van der Waals surface area contributed by atoms with Crippen LogP contribution in [0.25, 0.3) is 0 Å². The van der Waals surface area contributed by atoms with Crippen molar-refractivity contribution in [1.82, 2.24) is 10.3 Å². The number of hydrogen-bond donors (Lipinski definition) is 1. The van der Waals surface area contributed by atoms with Gasteiger partial charge in [-0.25, -0.2) is 5.01 Å². The molecule has 0 radical (unpaired) electrons. The summed E-state index contributed by atoms with van der Waals surface area (Å²) in [6.07, 6.45) is 0.494. The van der Waals surface area contributed by atoms with Crippen LogP contribution in [0.3, 0.4) is 0 Å². The predicted octanol–water partition coefficient (Wildman–Crippen LogP) is 4.65. The number of hydrogen-bond acceptors (Lipinski definition) is 6. The van der Waals surface area contributed by atoms with Crippen molar-refractivity contribution in [2.24, 2.45) is 5.10 Å². The van der Waals surface area contributed by atoms with E-state index in [9.17, 15) is 14.4 Å². The first-order chi connectivity index (χ1) is 17.9. The van der Waals surface area contributed by atoms with Gasteiger partial charge in [-0.3, -0.25) is 14.4 Å². The number of esters is 1. The number of methoxy groups -OCH3 is 1. The fourth-order valence-corrected chi connectivity index (χ4v) is 4.31. The lowest BCUT2D eigenvalue weighted by atomic mass is 9.98. The second kappa shape index (κ2) is 11.9. The fourth-order valence-electron chi connectivity index (χ4n) is 3.81. The molecule has 0 spiro atoms. The van der Waals surface area contributed by atoms with Crippen LogP contribution < -0.4 is 10.1 Å². The van der Waals surface area contributed by atoms with E-state index in [1.165, 1.54) is 23.2 Å².